The molecule has 0 spiro atoms. The molecule has 0 amide bonds. The highest BCUT2D eigenvalue weighted by molar-refractivity contribution is 6.16. The molecule has 0 fully saturated rings. The molecule has 20 aromatic rings. The first-order valence-electron chi connectivity index (χ1n) is 33.8. The number of hydrogen-bond donors (Lipinski definition) is 0. The Morgan fingerprint density at radius 1 is 0.133 bits per heavy atom. The normalized spacial score (nSPS) is 11.9. The lowest BCUT2D eigenvalue weighted by atomic mass is 9.97. The summed E-state index contributed by atoms with van der Waals surface area (Å²) in [5.74, 6) is 0. The summed E-state index contributed by atoms with van der Waals surface area (Å²) >= 11 is 0. The topological polar surface area (TPSA) is 19.7 Å². The molecule has 0 atom stereocenters. The lowest BCUT2D eigenvalue weighted by Crippen LogP contribution is -1.97. The van der Waals surface area contributed by atoms with Crippen molar-refractivity contribution >= 4 is 98.0 Å². The monoisotopic (exact) mass is 1240 g/mol. The fourth-order valence-electron chi connectivity index (χ4n) is 15.9. The third-order valence-corrected chi connectivity index (χ3v) is 20.5. The zero-order valence-corrected chi connectivity index (χ0v) is 53.4. The van der Waals surface area contributed by atoms with Crippen molar-refractivity contribution in [2.75, 3.05) is 0 Å². The van der Waals surface area contributed by atoms with Gasteiger partial charge in [0.15, 0.2) is 0 Å². The Kier molecular flexibility index (Phi) is 12.6. The zero-order chi connectivity index (χ0) is 64.4. The number of fused-ring (bicyclic) bond motifs is 13. The van der Waals surface area contributed by atoms with Crippen molar-refractivity contribution in [3.63, 3.8) is 0 Å². The van der Waals surface area contributed by atoms with Crippen LogP contribution in [0.3, 0.4) is 0 Å². The second-order valence-corrected chi connectivity index (χ2v) is 26.0. The van der Waals surface area contributed by atoms with E-state index in [2.05, 4.69) is 382 Å². The van der Waals surface area contributed by atoms with E-state index in [4.69, 9.17) is 0 Å². The summed E-state index contributed by atoms with van der Waals surface area (Å²) in [5.41, 5.74) is 28.1. The number of aromatic nitrogens is 4. The van der Waals surface area contributed by atoms with Crippen molar-refractivity contribution in [3.8, 4) is 89.5 Å². The maximum absolute atomic E-state index is 2.51. The molecule has 0 saturated carbocycles. The number of nitrogens with zero attached hydrogens (tertiary/aromatic N) is 4. The third-order valence-electron chi connectivity index (χ3n) is 20.5. The van der Waals surface area contributed by atoms with Gasteiger partial charge in [-0.15, -0.1) is 0 Å². The van der Waals surface area contributed by atoms with E-state index in [9.17, 15) is 0 Å². The quantitative estimate of drug-likeness (QED) is 0.130. The largest absolute Gasteiger partial charge is 0.309 e. The summed E-state index contributed by atoms with van der Waals surface area (Å²) in [4.78, 5) is 0. The Hall–Kier alpha value is -13.0. The van der Waals surface area contributed by atoms with Crippen LogP contribution in [-0.4, -0.2) is 18.3 Å². The minimum absolute atomic E-state index is 1.11. The standard InChI is InChI=1S/C94H60N4/c1-4-20-61(21-5-1)64-38-45-74(46-39-64)95-87-36-16-13-33-79(87)83-55-67(42-49-89(83)95)71-41-48-82-85-57-69(44-50-90(85)97(94(82)59-71)76-30-19-28-66(54-76)63-24-8-3-9-25-63)73-52-72-26-10-11-31-77(72)92(60-73)98-88-37-17-14-34-80(88)84-56-68(43-51-91(84)98)70-40-47-81-78-32-12-15-35-86(78)96(93(81)58-70)75-29-18-27-65(53-75)62-22-6-2-7-23-62/h1-60H. The van der Waals surface area contributed by atoms with E-state index < -0.39 is 0 Å². The minimum Gasteiger partial charge on any atom is -0.309 e. The molecule has 456 valence electrons. The molecule has 0 N–H and O–H groups in total. The zero-order valence-electron chi connectivity index (χ0n) is 53.4. The molecule has 0 radical (unpaired) electrons. The van der Waals surface area contributed by atoms with Crippen molar-refractivity contribution in [2.24, 2.45) is 0 Å². The lowest BCUT2D eigenvalue weighted by Gasteiger charge is -2.15. The van der Waals surface area contributed by atoms with Crippen LogP contribution in [0.1, 0.15) is 0 Å². The van der Waals surface area contributed by atoms with Crippen molar-refractivity contribution in [1.29, 1.82) is 0 Å². The molecule has 0 aliphatic rings. The first-order chi connectivity index (χ1) is 48.6. The van der Waals surface area contributed by atoms with E-state index in [1.165, 1.54) is 132 Å². The van der Waals surface area contributed by atoms with Crippen molar-refractivity contribution in [2.45, 2.75) is 0 Å². The van der Waals surface area contributed by atoms with Crippen LogP contribution >= 0.6 is 0 Å². The van der Waals surface area contributed by atoms with Gasteiger partial charge in [0.1, 0.15) is 0 Å². The number of rotatable bonds is 10. The molecule has 98 heavy (non-hydrogen) atoms. The van der Waals surface area contributed by atoms with E-state index in [0.29, 0.717) is 0 Å². The number of benzene rings is 16. The van der Waals surface area contributed by atoms with Gasteiger partial charge in [-0.3, -0.25) is 0 Å². The minimum atomic E-state index is 1.11. The average molecular weight is 1250 g/mol. The van der Waals surface area contributed by atoms with Gasteiger partial charge >= 0.3 is 0 Å². The molecule has 16 aromatic carbocycles. The second-order valence-electron chi connectivity index (χ2n) is 26.0. The molecule has 4 heterocycles. The highest BCUT2D eigenvalue weighted by Gasteiger charge is 2.22. The van der Waals surface area contributed by atoms with Crippen LogP contribution in [0.2, 0.25) is 0 Å². The maximum atomic E-state index is 2.51. The van der Waals surface area contributed by atoms with Gasteiger partial charge in [0.25, 0.3) is 0 Å². The van der Waals surface area contributed by atoms with Crippen LogP contribution < -0.4 is 0 Å². The summed E-state index contributed by atoms with van der Waals surface area (Å²) in [7, 11) is 0. The highest BCUT2D eigenvalue weighted by Crippen LogP contribution is 2.45. The molecule has 4 aromatic heterocycles. The Morgan fingerprint density at radius 3 is 0.959 bits per heavy atom. The van der Waals surface area contributed by atoms with Crippen LogP contribution in [-0.2, 0) is 0 Å². The fraction of sp³-hybridized carbons (Fsp3) is 0. The molecule has 0 unspecified atom stereocenters. The molecule has 4 nitrogen and oxygen atoms in total. The van der Waals surface area contributed by atoms with E-state index in [-0.39, 0.29) is 0 Å². The number of hydrogen-bond acceptors (Lipinski definition) is 0. The SMILES string of the molecule is c1ccc(-c2ccc(-n3c4ccccc4c4cc(-c5ccc6c7cc(-c8cc(-n9c%10ccccc%10c%10cc(-c%11ccc%12c%13ccccc%13n(-c%13cccc(-c%14ccccc%14)c%13)c%12c%11)ccc%109)c9ccccc9c8)ccc7n(-c7cccc(-c8ccccc8)c7)c6c5)ccc43)cc2)cc1. The van der Waals surface area contributed by atoms with E-state index >= 15 is 0 Å². The van der Waals surface area contributed by atoms with Gasteiger partial charge in [0, 0.05) is 65.5 Å². The Balaban J connectivity index is 0.720. The van der Waals surface area contributed by atoms with E-state index in [0.717, 1.165) is 56.0 Å². The van der Waals surface area contributed by atoms with Gasteiger partial charge in [0.2, 0.25) is 0 Å². The van der Waals surface area contributed by atoms with E-state index in [1.54, 1.807) is 0 Å². The van der Waals surface area contributed by atoms with Gasteiger partial charge in [-0.1, -0.05) is 249 Å². The molecule has 0 aliphatic carbocycles. The predicted octanol–water partition coefficient (Wildman–Crippen LogP) is 25.2. The second kappa shape index (κ2) is 22.3. The van der Waals surface area contributed by atoms with Gasteiger partial charge < -0.3 is 18.3 Å². The van der Waals surface area contributed by atoms with Crippen molar-refractivity contribution in [1.82, 2.24) is 18.3 Å². The molecule has 20 rings (SSSR count). The van der Waals surface area contributed by atoms with Crippen LogP contribution in [0.15, 0.2) is 364 Å². The summed E-state index contributed by atoms with van der Waals surface area (Å²) in [5, 5.41) is 12.1. The van der Waals surface area contributed by atoms with Gasteiger partial charge in [-0.2, -0.15) is 0 Å². The molecule has 0 bridgehead atoms. The van der Waals surface area contributed by atoms with Gasteiger partial charge in [0.05, 0.1) is 49.8 Å². The lowest BCUT2D eigenvalue weighted by molar-refractivity contribution is 1.18. The maximum Gasteiger partial charge on any atom is 0.0547 e. The Bertz CT molecular complexity index is 6580. The first kappa shape index (κ1) is 55.4. The van der Waals surface area contributed by atoms with Gasteiger partial charge in [-0.25, -0.2) is 0 Å². The first-order valence-corrected chi connectivity index (χ1v) is 33.8. The van der Waals surface area contributed by atoms with Crippen LogP contribution in [0, 0.1) is 0 Å². The Labute approximate surface area is 566 Å². The Morgan fingerprint density at radius 2 is 0.449 bits per heavy atom. The van der Waals surface area contributed by atoms with Crippen molar-refractivity contribution < 1.29 is 0 Å². The summed E-state index contributed by atoms with van der Waals surface area (Å²) < 4.78 is 9.84. The highest BCUT2D eigenvalue weighted by atomic mass is 15.0. The molecule has 4 heteroatoms. The molecule has 0 saturated heterocycles. The van der Waals surface area contributed by atoms with Crippen LogP contribution in [0.5, 0.6) is 0 Å². The molecular formula is C94H60N4. The summed E-state index contributed by atoms with van der Waals surface area (Å²) in [6.45, 7) is 0. The van der Waals surface area contributed by atoms with Crippen LogP contribution in [0.25, 0.3) is 188 Å². The molecular weight excluding hydrogens is 1190 g/mol. The predicted molar refractivity (Wildman–Crippen MR) is 414 cm³/mol. The van der Waals surface area contributed by atoms with Crippen LogP contribution in [0.4, 0.5) is 0 Å². The fourth-order valence-corrected chi connectivity index (χ4v) is 15.9. The average Bonchev–Trinajstić information content (AvgIpc) is 1.58. The smallest absolute Gasteiger partial charge is 0.0547 e. The molecule has 0 aliphatic heterocycles. The third kappa shape index (κ3) is 8.92. The summed E-state index contributed by atoms with van der Waals surface area (Å²) in [6.07, 6.45) is 0. The number of para-hydroxylation sites is 3. The summed E-state index contributed by atoms with van der Waals surface area (Å²) in [6, 6.07) is 135. The van der Waals surface area contributed by atoms with E-state index in [1.807, 2.05) is 0 Å². The van der Waals surface area contributed by atoms with Crippen molar-refractivity contribution in [3.05, 3.63) is 364 Å². The van der Waals surface area contributed by atoms with Gasteiger partial charge in [-0.05, 0) is 187 Å².